The van der Waals surface area contributed by atoms with Crippen LogP contribution in [0.4, 0.5) is 0 Å². The molecule has 84 valence electrons. The molecular formula is C13H27N. The molecule has 1 heteroatoms. The maximum Gasteiger partial charge on any atom is 0.00698 e. The zero-order chi connectivity index (χ0) is 10.4. The summed E-state index contributed by atoms with van der Waals surface area (Å²) in [5.74, 6) is 1.92. The second-order valence-electron chi connectivity index (χ2n) is 4.96. The molecule has 1 rings (SSSR count). The smallest absolute Gasteiger partial charge is 0.00698 e. The quantitative estimate of drug-likeness (QED) is 0.710. The van der Waals surface area contributed by atoms with Crippen molar-refractivity contribution in [2.45, 2.75) is 65.3 Å². The lowest BCUT2D eigenvalue weighted by Gasteiger charge is -2.33. The van der Waals surface area contributed by atoms with Crippen LogP contribution in [-0.4, -0.2) is 12.6 Å². The SMILES string of the molecule is CCCNC1CCCC(C(C)CC)C1. The standard InChI is InChI=1S/C13H27N/c1-4-9-14-13-8-6-7-12(10-13)11(3)5-2/h11-14H,4-10H2,1-3H3. The largest absolute Gasteiger partial charge is 0.314 e. The molecule has 0 spiro atoms. The van der Waals surface area contributed by atoms with E-state index in [9.17, 15) is 0 Å². The van der Waals surface area contributed by atoms with Crippen LogP contribution in [0.2, 0.25) is 0 Å². The third-order valence-electron chi connectivity index (χ3n) is 3.85. The molecule has 1 saturated carbocycles. The number of hydrogen-bond acceptors (Lipinski definition) is 1. The average molecular weight is 197 g/mol. The highest BCUT2D eigenvalue weighted by molar-refractivity contribution is 4.80. The van der Waals surface area contributed by atoms with Crippen LogP contribution in [0.25, 0.3) is 0 Å². The summed E-state index contributed by atoms with van der Waals surface area (Å²) in [6.07, 6.45) is 8.37. The summed E-state index contributed by atoms with van der Waals surface area (Å²) < 4.78 is 0. The van der Waals surface area contributed by atoms with E-state index < -0.39 is 0 Å². The Balaban J connectivity index is 2.28. The Morgan fingerprint density at radius 3 is 2.71 bits per heavy atom. The molecule has 0 amide bonds. The minimum Gasteiger partial charge on any atom is -0.314 e. The van der Waals surface area contributed by atoms with Gasteiger partial charge in [0.05, 0.1) is 0 Å². The molecule has 1 aliphatic rings. The van der Waals surface area contributed by atoms with Crippen LogP contribution in [0.5, 0.6) is 0 Å². The lowest BCUT2D eigenvalue weighted by molar-refractivity contribution is 0.217. The lowest BCUT2D eigenvalue weighted by Crippen LogP contribution is -2.36. The van der Waals surface area contributed by atoms with Gasteiger partial charge in [-0.2, -0.15) is 0 Å². The molecule has 0 heterocycles. The van der Waals surface area contributed by atoms with Crippen molar-refractivity contribution >= 4 is 0 Å². The topological polar surface area (TPSA) is 12.0 Å². The van der Waals surface area contributed by atoms with Gasteiger partial charge in [0.15, 0.2) is 0 Å². The van der Waals surface area contributed by atoms with Gasteiger partial charge in [0, 0.05) is 6.04 Å². The average Bonchev–Trinajstić information content (AvgIpc) is 2.25. The monoisotopic (exact) mass is 197 g/mol. The summed E-state index contributed by atoms with van der Waals surface area (Å²) in [5.41, 5.74) is 0. The number of rotatable bonds is 5. The molecule has 14 heavy (non-hydrogen) atoms. The Labute approximate surface area is 89.7 Å². The molecule has 0 radical (unpaired) electrons. The minimum absolute atomic E-state index is 0.822. The highest BCUT2D eigenvalue weighted by Gasteiger charge is 2.24. The fourth-order valence-corrected chi connectivity index (χ4v) is 2.61. The molecule has 0 aliphatic heterocycles. The van der Waals surface area contributed by atoms with E-state index in [4.69, 9.17) is 0 Å². The molecule has 1 N–H and O–H groups in total. The fraction of sp³-hybridized carbons (Fsp3) is 1.00. The second kappa shape index (κ2) is 6.44. The molecule has 3 unspecified atom stereocenters. The van der Waals surface area contributed by atoms with Crippen molar-refractivity contribution in [3.8, 4) is 0 Å². The third-order valence-corrected chi connectivity index (χ3v) is 3.85. The Morgan fingerprint density at radius 1 is 1.29 bits per heavy atom. The van der Waals surface area contributed by atoms with Gasteiger partial charge in [0.1, 0.15) is 0 Å². The second-order valence-corrected chi connectivity index (χ2v) is 4.96. The van der Waals surface area contributed by atoms with Crippen molar-refractivity contribution in [1.29, 1.82) is 0 Å². The van der Waals surface area contributed by atoms with E-state index in [-0.39, 0.29) is 0 Å². The van der Waals surface area contributed by atoms with E-state index in [2.05, 4.69) is 26.1 Å². The molecule has 0 bridgehead atoms. The lowest BCUT2D eigenvalue weighted by atomic mass is 9.77. The van der Waals surface area contributed by atoms with Gasteiger partial charge in [-0.1, -0.05) is 40.0 Å². The Morgan fingerprint density at radius 2 is 2.07 bits per heavy atom. The van der Waals surface area contributed by atoms with Crippen molar-refractivity contribution in [1.82, 2.24) is 5.32 Å². The van der Waals surface area contributed by atoms with Gasteiger partial charge in [-0.05, 0) is 37.6 Å². The number of nitrogens with one attached hydrogen (secondary N) is 1. The van der Waals surface area contributed by atoms with E-state index in [1.54, 1.807) is 0 Å². The molecule has 0 aromatic heterocycles. The van der Waals surface area contributed by atoms with Crippen LogP contribution >= 0.6 is 0 Å². The van der Waals surface area contributed by atoms with Crippen LogP contribution in [-0.2, 0) is 0 Å². The highest BCUT2D eigenvalue weighted by Crippen LogP contribution is 2.31. The summed E-state index contributed by atoms with van der Waals surface area (Å²) >= 11 is 0. The summed E-state index contributed by atoms with van der Waals surface area (Å²) in [5, 5.41) is 3.68. The molecule has 0 saturated heterocycles. The molecule has 3 atom stereocenters. The summed E-state index contributed by atoms with van der Waals surface area (Å²) in [4.78, 5) is 0. The minimum atomic E-state index is 0.822. The van der Waals surface area contributed by atoms with E-state index in [1.807, 2.05) is 0 Å². The highest BCUT2D eigenvalue weighted by atomic mass is 14.9. The Bertz CT molecular complexity index is 144. The van der Waals surface area contributed by atoms with Crippen molar-refractivity contribution in [3.63, 3.8) is 0 Å². The normalized spacial score (nSPS) is 30.2. The van der Waals surface area contributed by atoms with Crippen molar-refractivity contribution in [2.24, 2.45) is 11.8 Å². The maximum absolute atomic E-state index is 3.68. The first-order valence-corrected chi connectivity index (χ1v) is 6.51. The molecule has 1 aliphatic carbocycles. The molecule has 0 aromatic carbocycles. The van der Waals surface area contributed by atoms with Crippen molar-refractivity contribution in [3.05, 3.63) is 0 Å². The van der Waals surface area contributed by atoms with Gasteiger partial charge in [-0.15, -0.1) is 0 Å². The zero-order valence-corrected chi connectivity index (χ0v) is 10.2. The van der Waals surface area contributed by atoms with Crippen LogP contribution in [0.1, 0.15) is 59.3 Å². The summed E-state index contributed by atoms with van der Waals surface area (Å²) in [6, 6.07) is 0.822. The van der Waals surface area contributed by atoms with Gasteiger partial charge in [0.25, 0.3) is 0 Å². The van der Waals surface area contributed by atoms with Crippen LogP contribution in [0.15, 0.2) is 0 Å². The Kier molecular flexibility index (Phi) is 5.54. The van der Waals surface area contributed by atoms with Gasteiger partial charge < -0.3 is 5.32 Å². The van der Waals surface area contributed by atoms with E-state index in [1.165, 1.54) is 45.1 Å². The van der Waals surface area contributed by atoms with Crippen LogP contribution < -0.4 is 5.32 Å². The van der Waals surface area contributed by atoms with Crippen LogP contribution in [0.3, 0.4) is 0 Å². The first kappa shape index (κ1) is 12.0. The first-order valence-electron chi connectivity index (χ1n) is 6.51. The molecular weight excluding hydrogens is 170 g/mol. The van der Waals surface area contributed by atoms with Crippen molar-refractivity contribution < 1.29 is 0 Å². The van der Waals surface area contributed by atoms with Gasteiger partial charge >= 0.3 is 0 Å². The predicted octanol–water partition coefficient (Wildman–Crippen LogP) is 3.59. The zero-order valence-electron chi connectivity index (χ0n) is 10.2. The van der Waals surface area contributed by atoms with Gasteiger partial charge in [0.2, 0.25) is 0 Å². The first-order chi connectivity index (χ1) is 6.77. The third kappa shape index (κ3) is 3.61. The summed E-state index contributed by atoms with van der Waals surface area (Å²) in [7, 11) is 0. The molecule has 1 fully saturated rings. The van der Waals surface area contributed by atoms with Gasteiger partial charge in [-0.25, -0.2) is 0 Å². The van der Waals surface area contributed by atoms with E-state index in [0.29, 0.717) is 0 Å². The fourth-order valence-electron chi connectivity index (χ4n) is 2.61. The molecule has 1 nitrogen and oxygen atoms in total. The molecule has 0 aromatic rings. The number of hydrogen-bond donors (Lipinski definition) is 1. The van der Waals surface area contributed by atoms with Gasteiger partial charge in [-0.3, -0.25) is 0 Å². The maximum atomic E-state index is 3.68. The Hall–Kier alpha value is -0.0400. The van der Waals surface area contributed by atoms with Crippen LogP contribution in [0, 0.1) is 11.8 Å². The predicted molar refractivity (Wildman–Crippen MR) is 63.5 cm³/mol. The van der Waals surface area contributed by atoms with E-state index in [0.717, 1.165) is 17.9 Å². The van der Waals surface area contributed by atoms with Crippen molar-refractivity contribution in [2.75, 3.05) is 6.54 Å². The van der Waals surface area contributed by atoms with E-state index >= 15 is 0 Å². The summed E-state index contributed by atoms with van der Waals surface area (Å²) in [6.45, 7) is 8.21.